The topological polar surface area (TPSA) is 50.7 Å². The number of benzene rings is 2. The molecule has 1 heterocycles. The van der Waals surface area contributed by atoms with E-state index in [9.17, 15) is 4.79 Å². The summed E-state index contributed by atoms with van der Waals surface area (Å²) in [5, 5.41) is 3.07. The Labute approximate surface area is 147 Å². The van der Waals surface area contributed by atoms with E-state index in [2.05, 4.69) is 28.5 Å². The lowest BCUT2D eigenvalue weighted by atomic mass is 9.88. The van der Waals surface area contributed by atoms with Crippen LogP contribution in [0.25, 0.3) is 0 Å². The molecule has 0 bridgehead atoms. The summed E-state index contributed by atoms with van der Waals surface area (Å²) in [4.78, 5) is 16.0. The molecule has 25 heavy (non-hydrogen) atoms. The first-order valence-corrected chi connectivity index (χ1v) is 8.93. The fourth-order valence-electron chi connectivity index (χ4n) is 3.86. The molecule has 1 saturated carbocycles. The van der Waals surface area contributed by atoms with Crippen molar-refractivity contribution < 1.29 is 9.53 Å². The van der Waals surface area contributed by atoms with Crippen molar-refractivity contribution in [3.05, 3.63) is 59.2 Å². The summed E-state index contributed by atoms with van der Waals surface area (Å²) < 4.78 is 6.04. The number of fused-ring (bicyclic) bond motifs is 1. The van der Waals surface area contributed by atoms with Gasteiger partial charge in [0.05, 0.1) is 12.0 Å². The molecule has 2 aliphatic rings. The van der Waals surface area contributed by atoms with E-state index in [1.807, 2.05) is 24.3 Å². The first-order chi connectivity index (χ1) is 12.3. The summed E-state index contributed by atoms with van der Waals surface area (Å²) in [6.07, 6.45) is 7.41. The zero-order valence-electron chi connectivity index (χ0n) is 14.2. The molecule has 1 fully saturated rings. The van der Waals surface area contributed by atoms with Gasteiger partial charge in [0.15, 0.2) is 0 Å². The molecule has 0 amide bonds. The Morgan fingerprint density at radius 3 is 2.72 bits per heavy atom. The molecule has 4 heteroatoms. The fourth-order valence-corrected chi connectivity index (χ4v) is 3.86. The number of aliphatic imine (C=N–C) groups is 1. The highest BCUT2D eigenvalue weighted by Gasteiger charge is 2.28. The number of nitrogens with one attached hydrogen (secondary N) is 1. The summed E-state index contributed by atoms with van der Waals surface area (Å²) in [6, 6.07) is 13.9. The number of aldehydes is 1. The van der Waals surface area contributed by atoms with E-state index >= 15 is 0 Å². The molecule has 128 valence electrons. The first-order valence-electron chi connectivity index (χ1n) is 8.93. The van der Waals surface area contributed by atoms with Crippen molar-refractivity contribution in [2.24, 2.45) is 4.99 Å². The van der Waals surface area contributed by atoms with Crippen LogP contribution in [0.1, 0.15) is 54.3 Å². The van der Waals surface area contributed by atoms with Crippen LogP contribution in [0, 0.1) is 0 Å². The summed E-state index contributed by atoms with van der Waals surface area (Å²) in [5.41, 5.74) is 4.23. The Morgan fingerprint density at radius 1 is 1.16 bits per heavy atom. The molecule has 1 aliphatic carbocycles. The molecule has 0 radical (unpaired) electrons. The van der Waals surface area contributed by atoms with Gasteiger partial charge >= 0.3 is 0 Å². The Balaban J connectivity index is 1.68. The third-order valence-corrected chi connectivity index (χ3v) is 5.11. The zero-order valence-corrected chi connectivity index (χ0v) is 14.2. The van der Waals surface area contributed by atoms with Crippen LogP contribution in [0.3, 0.4) is 0 Å². The maximum Gasteiger partial charge on any atom is 0.146 e. The van der Waals surface area contributed by atoms with Crippen molar-refractivity contribution in [1.82, 2.24) is 5.32 Å². The van der Waals surface area contributed by atoms with E-state index in [1.54, 1.807) is 6.34 Å². The number of ether oxygens (including phenoxy) is 1. The van der Waals surface area contributed by atoms with Gasteiger partial charge in [0, 0.05) is 11.6 Å². The minimum Gasteiger partial charge on any atom is -0.489 e. The second kappa shape index (κ2) is 7.09. The minimum absolute atomic E-state index is 0.314. The highest BCUT2D eigenvalue weighted by Crippen LogP contribution is 2.43. The maximum atomic E-state index is 11.5. The molecule has 0 aromatic heterocycles. The smallest absolute Gasteiger partial charge is 0.146 e. The van der Waals surface area contributed by atoms with Crippen LogP contribution >= 0.6 is 0 Å². The van der Waals surface area contributed by atoms with Gasteiger partial charge in [-0.2, -0.15) is 0 Å². The van der Waals surface area contributed by atoms with Crippen LogP contribution in [0.2, 0.25) is 0 Å². The largest absolute Gasteiger partial charge is 0.489 e. The van der Waals surface area contributed by atoms with E-state index in [1.165, 1.54) is 31.2 Å². The summed E-state index contributed by atoms with van der Waals surface area (Å²) in [5.74, 6) is 1.32. The van der Waals surface area contributed by atoms with E-state index in [0.29, 0.717) is 12.5 Å². The van der Waals surface area contributed by atoms with E-state index in [0.717, 1.165) is 28.8 Å². The number of hydrogen-bond acceptors (Lipinski definition) is 4. The van der Waals surface area contributed by atoms with Crippen molar-refractivity contribution in [3.63, 3.8) is 0 Å². The molecule has 0 spiro atoms. The predicted octanol–water partition coefficient (Wildman–Crippen LogP) is 4.43. The number of carbonyl (C=O) groups excluding carboxylic acids is 1. The van der Waals surface area contributed by atoms with E-state index < -0.39 is 0 Å². The second-order valence-corrected chi connectivity index (χ2v) is 6.74. The van der Waals surface area contributed by atoms with Gasteiger partial charge < -0.3 is 14.8 Å². The molecule has 1 aliphatic heterocycles. The summed E-state index contributed by atoms with van der Waals surface area (Å²) in [7, 11) is 0. The summed E-state index contributed by atoms with van der Waals surface area (Å²) >= 11 is 0. The lowest BCUT2D eigenvalue weighted by Crippen LogP contribution is -2.25. The Morgan fingerprint density at radius 2 is 1.96 bits per heavy atom. The quantitative estimate of drug-likeness (QED) is 0.823. The van der Waals surface area contributed by atoms with Crippen LogP contribution in [-0.2, 0) is 11.4 Å². The van der Waals surface area contributed by atoms with Gasteiger partial charge in [0.1, 0.15) is 24.7 Å². The van der Waals surface area contributed by atoms with Crippen LogP contribution in [-0.4, -0.2) is 12.6 Å². The zero-order chi connectivity index (χ0) is 17.1. The molecule has 0 saturated heterocycles. The van der Waals surface area contributed by atoms with Gasteiger partial charge in [-0.1, -0.05) is 43.2 Å². The number of carbonyl (C=O) groups is 1. The monoisotopic (exact) mass is 334 g/mol. The number of rotatable bonds is 5. The average Bonchev–Trinajstić information content (AvgIpc) is 3.20. The van der Waals surface area contributed by atoms with Gasteiger partial charge in [-0.25, -0.2) is 4.99 Å². The minimum atomic E-state index is -0.314. The first kappa shape index (κ1) is 15.9. The molecule has 2 aromatic rings. The second-order valence-electron chi connectivity index (χ2n) is 6.74. The highest BCUT2D eigenvalue weighted by molar-refractivity contribution is 5.79. The van der Waals surface area contributed by atoms with Gasteiger partial charge in [0.2, 0.25) is 0 Å². The SMILES string of the molecule is O=CC1NC=Nc2cc(OCc3ccccc3)cc(C3CCCC3)c21. The number of hydrogen-bond donors (Lipinski definition) is 1. The van der Waals surface area contributed by atoms with Crippen LogP contribution in [0.5, 0.6) is 5.75 Å². The molecule has 1 atom stereocenters. The highest BCUT2D eigenvalue weighted by atomic mass is 16.5. The van der Waals surface area contributed by atoms with Crippen molar-refractivity contribution in [1.29, 1.82) is 0 Å². The van der Waals surface area contributed by atoms with Crippen LogP contribution in [0.15, 0.2) is 47.5 Å². The number of nitrogens with zero attached hydrogens (tertiary/aromatic N) is 1. The summed E-state index contributed by atoms with van der Waals surface area (Å²) in [6.45, 7) is 0.531. The van der Waals surface area contributed by atoms with Gasteiger partial charge in [-0.3, -0.25) is 0 Å². The molecule has 1 unspecified atom stereocenters. The van der Waals surface area contributed by atoms with Gasteiger partial charge in [-0.15, -0.1) is 0 Å². The van der Waals surface area contributed by atoms with Crippen molar-refractivity contribution in [3.8, 4) is 5.75 Å². The predicted molar refractivity (Wildman–Crippen MR) is 98.5 cm³/mol. The molecular weight excluding hydrogens is 312 g/mol. The Hall–Kier alpha value is -2.62. The lowest BCUT2D eigenvalue weighted by Gasteiger charge is -2.25. The molecule has 2 aromatic carbocycles. The lowest BCUT2D eigenvalue weighted by molar-refractivity contribution is -0.109. The van der Waals surface area contributed by atoms with Crippen molar-refractivity contribution in [2.45, 2.75) is 44.2 Å². The Kier molecular flexibility index (Phi) is 4.51. The van der Waals surface area contributed by atoms with Crippen LogP contribution in [0.4, 0.5) is 5.69 Å². The standard InChI is InChI=1S/C21H22N2O2/c24-12-20-21-18(16-8-4-5-9-16)10-17(11-19(21)22-14-23-20)25-13-15-6-2-1-3-7-15/h1-3,6-7,10-12,14,16,20H,4-5,8-9,13H2,(H,22,23). The molecule has 1 N–H and O–H groups in total. The average molecular weight is 334 g/mol. The van der Waals surface area contributed by atoms with E-state index in [4.69, 9.17) is 4.74 Å². The normalized spacial score (nSPS) is 19.3. The molecular formula is C21H22N2O2. The van der Waals surface area contributed by atoms with Gasteiger partial charge in [0.25, 0.3) is 0 Å². The van der Waals surface area contributed by atoms with Crippen molar-refractivity contribution >= 4 is 18.3 Å². The third kappa shape index (κ3) is 3.29. The maximum absolute atomic E-state index is 11.5. The van der Waals surface area contributed by atoms with Gasteiger partial charge in [-0.05, 0) is 36.0 Å². The third-order valence-electron chi connectivity index (χ3n) is 5.11. The molecule has 4 nitrogen and oxygen atoms in total. The van der Waals surface area contributed by atoms with E-state index in [-0.39, 0.29) is 6.04 Å². The Bertz CT molecular complexity index is 780. The van der Waals surface area contributed by atoms with Crippen molar-refractivity contribution in [2.75, 3.05) is 0 Å². The molecule has 4 rings (SSSR count). The van der Waals surface area contributed by atoms with Crippen LogP contribution < -0.4 is 10.1 Å². The fraction of sp³-hybridized carbons (Fsp3) is 0.333.